The lowest BCUT2D eigenvalue weighted by atomic mass is 10.0. The number of aromatic nitrogens is 1. The largest absolute Gasteiger partial charge is 0.466 e. The van der Waals surface area contributed by atoms with Gasteiger partial charge in [0.1, 0.15) is 0 Å². The van der Waals surface area contributed by atoms with Crippen LogP contribution >= 0.6 is 0 Å². The molecule has 0 amide bonds. The van der Waals surface area contributed by atoms with Crippen molar-refractivity contribution >= 4 is 22.9 Å². The Hall–Kier alpha value is -2.49. The third-order valence-corrected chi connectivity index (χ3v) is 3.99. The number of nitrogens with zero attached hydrogens (tertiary/aromatic N) is 1. The average Bonchev–Trinajstić information content (AvgIpc) is 2.82. The smallest absolute Gasteiger partial charge is 0.331 e. The predicted molar refractivity (Wildman–Crippen MR) is 88.5 cm³/mol. The zero-order valence-electron chi connectivity index (χ0n) is 12.9. The molecule has 4 heteroatoms. The van der Waals surface area contributed by atoms with Crippen LogP contribution in [0.4, 0.5) is 0 Å². The Morgan fingerprint density at radius 1 is 1.41 bits per heavy atom. The quantitative estimate of drug-likeness (QED) is 0.684. The zero-order chi connectivity index (χ0) is 15.5. The molecule has 0 saturated heterocycles. The van der Waals surface area contributed by atoms with E-state index in [1.165, 1.54) is 40.9 Å². The van der Waals surface area contributed by atoms with Crippen molar-refractivity contribution in [2.24, 2.45) is 0 Å². The molecule has 0 aliphatic carbocycles. The summed E-state index contributed by atoms with van der Waals surface area (Å²) in [4.78, 5) is 16.8. The van der Waals surface area contributed by atoms with Crippen LogP contribution in [0.1, 0.15) is 16.8 Å². The molecule has 0 spiro atoms. The maximum absolute atomic E-state index is 11.2. The van der Waals surface area contributed by atoms with Crippen molar-refractivity contribution in [2.75, 3.05) is 20.2 Å². The molecule has 0 radical (unpaired) electrons. The summed E-state index contributed by atoms with van der Waals surface area (Å²) in [6.07, 6.45) is 8.45. The summed E-state index contributed by atoms with van der Waals surface area (Å²) >= 11 is 0. The maximum Gasteiger partial charge on any atom is 0.331 e. The highest BCUT2D eigenvalue weighted by molar-refractivity contribution is 5.88. The van der Waals surface area contributed by atoms with Crippen molar-refractivity contribution in [3.63, 3.8) is 0 Å². The highest BCUT2D eigenvalue weighted by atomic mass is 16.5. The number of fused-ring (bicyclic) bond motifs is 3. The number of carbonyl (C=O) groups is 1. The van der Waals surface area contributed by atoms with E-state index in [0.717, 1.165) is 19.5 Å². The van der Waals surface area contributed by atoms with Crippen LogP contribution in [0, 0.1) is 6.92 Å². The number of methoxy groups -OCH3 is 1. The van der Waals surface area contributed by atoms with Gasteiger partial charge >= 0.3 is 5.97 Å². The van der Waals surface area contributed by atoms with Crippen molar-refractivity contribution in [1.82, 2.24) is 9.88 Å². The highest BCUT2D eigenvalue weighted by Gasteiger charge is 2.13. The fourth-order valence-corrected chi connectivity index (χ4v) is 2.82. The average molecular weight is 296 g/mol. The van der Waals surface area contributed by atoms with Crippen LogP contribution < -0.4 is 0 Å². The van der Waals surface area contributed by atoms with E-state index in [4.69, 9.17) is 0 Å². The maximum atomic E-state index is 11.2. The number of hydrogen-bond acceptors (Lipinski definition) is 3. The van der Waals surface area contributed by atoms with Crippen LogP contribution in [0.2, 0.25) is 0 Å². The van der Waals surface area contributed by atoms with Gasteiger partial charge in [0.25, 0.3) is 0 Å². The van der Waals surface area contributed by atoms with Crippen LogP contribution in [0.15, 0.2) is 36.6 Å². The number of ether oxygens (including phenoxy) is 1. The number of aromatic amines is 1. The first-order valence-electron chi connectivity index (χ1n) is 7.45. The molecule has 2 heterocycles. The van der Waals surface area contributed by atoms with E-state index < -0.39 is 0 Å². The van der Waals surface area contributed by atoms with Crippen molar-refractivity contribution < 1.29 is 9.53 Å². The summed E-state index contributed by atoms with van der Waals surface area (Å²) < 4.78 is 4.64. The van der Waals surface area contributed by atoms with E-state index in [-0.39, 0.29) is 5.97 Å². The van der Waals surface area contributed by atoms with E-state index in [9.17, 15) is 4.79 Å². The van der Waals surface area contributed by atoms with Gasteiger partial charge in [-0.15, -0.1) is 0 Å². The van der Waals surface area contributed by atoms with E-state index in [1.54, 1.807) is 6.20 Å². The molecule has 4 nitrogen and oxygen atoms in total. The highest BCUT2D eigenvalue weighted by Crippen LogP contribution is 2.26. The number of benzene rings is 1. The van der Waals surface area contributed by atoms with Gasteiger partial charge < -0.3 is 14.6 Å². The molecule has 1 aromatic carbocycles. The van der Waals surface area contributed by atoms with Gasteiger partial charge in [0, 0.05) is 42.0 Å². The Bertz CT molecular complexity index is 756. The van der Waals surface area contributed by atoms with Gasteiger partial charge in [0.2, 0.25) is 0 Å². The number of rotatable bonds is 2. The van der Waals surface area contributed by atoms with E-state index in [0.29, 0.717) is 0 Å². The van der Waals surface area contributed by atoms with Gasteiger partial charge in [-0.3, -0.25) is 0 Å². The molecule has 0 atom stereocenters. The van der Waals surface area contributed by atoms with Gasteiger partial charge in [-0.25, -0.2) is 4.79 Å². The molecule has 1 aliphatic rings. The Kier molecular flexibility index (Phi) is 4.00. The van der Waals surface area contributed by atoms with Crippen LogP contribution in [-0.2, 0) is 16.0 Å². The van der Waals surface area contributed by atoms with E-state index in [2.05, 4.69) is 51.9 Å². The number of esters is 1. The first-order chi connectivity index (χ1) is 10.7. The molecule has 1 aromatic heterocycles. The van der Waals surface area contributed by atoms with Crippen LogP contribution in [0.25, 0.3) is 17.0 Å². The molecule has 2 aromatic rings. The Balaban J connectivity index is 1.87. The zero-order valence-corrected chi connectivity index (χ0v) is 12.9. The molecule has 1 N–H and O–H groups in total. The minimum absolute atomic E-state index is 0.325. The third kappa shape index (κ3) is 2.91. The monoisotopic (exact) mass is 296 g/mol. The SMILES string of the molecule is COC(=O)/C=C/N1C/C=C\c2[nH]c3ccc(C)cc3c2CC1. The molecule has 1 aliphatic heterocycles. The van der Waals surface area contributed by atoms with Crippen LogP contribution in [0.3, 0.4) is 0 Å². The summed E-state index contributed by atoms with van der Waals surface area (Å²) in [6.45, 7) is 3.76. The molecule has 0 saturated carbocycles. The van der Waals surface area contributed by atoms with Gasteiger partial charge in [0.15, 0.2) is 0 Å². The Labute approximate surface area is 130 Å². The minimum atomic E-state index is -0.325. The minimum Gasteiger partial charge on any atom is -0.466 e. The molecule has 22 heavy (non-hydrogen) atoms. The van der Waals surface area contributed by atoms with E-state index >= 15 is 0 Å². The van der Waals surface area contributed by atoms with Gasteiger partial charge in [0.05, 0.1) is 7.11 Å². The predicted octanol–water partition coefficient (Wildman–Crippen LogP) is 3.03. The first kappa shape index (κ1) is 14.4. The summed E-state index contributed by atoms with van der Waals surface area (Å²) in [5, 5.41) is 1.29. The molecule has 0 fully saturated rings. The number of hydrogen-bond donors (Lipinski definition) is 1. The third-order valence-electron chi connectivity index (χ3n) is 3.99. The summed E-state index contributed by atoms with van der Waals surface area (Å²) in [6, 6.07) is 6.49. The molecule has 0 unspecified atom stereocenters. The number of nitrogens with one attached hydrogen (secondary N) is 1. The lowest BCUT2D eigenvalue weighted by Crippen LogP contribution is -2.22. The number of H-pyrrole nitrogens is 1. The topological polar surface area (TPSA) is 45.3 Å². The summed E-state index contributed by atoms with van der Waals surface area (Å²) in [7, 11) is 1.39. The molecule has 114 valence electrons. The second-order valence-electron chi connectivity index (χ2n) is 5.55. The fraction of sp³-hybridized carbons (Fsp3) is 0.278. The Morgan fingerprint density at radius 2 is 2.27 bits per heavy atom. The second-order valence-corrected chi connectivity index (χ2v) is 5.55. The van der Waals surface area contributed by atoms with E-state index in [1.807, 2.05) is 0 Å². The Morgan fingerprint density at radius 3 is 3.09 bits per heavy atom. The fourth-order valence-electron chi connectivity index (χ4n) is 2.82. The second kappa shape index (κ2) is 6.10. The van der Waals surface area contributed by atoms with Crippen LogP contribution in [0.5, 0.6) is 0 Å². The molecule has 0 bridgehead atoms. The van der Waals surface area contributed by atoms with Crippen molar-refractivity contribution in [2.45, 2.75) is 13.3 Å². The van der Waals surface area contributed by atoms with Crippen molar-refractivity contribution in [3.8, 4) is 0 Å². The molecular formula is C18H20N2O2. The summed E-state index contributed by atoms with van der Waals surface area (Å²) in [5.41, 5.74) is 4.98. The first-order valence-corrected chi connectivity index (χ1v) is 7.45. The van der Waals surface area contributed by atoms with Gasteiger partial charge in [-0.05, 0) is 37.1 Å². The molecular weight excluding hydrogens is 276 g/mol. The molecule has 3 rings (SSSR count). The van der Waals surface area contributed by atoms with Gasteiger partial charge in [-0.2, -0.15) is 0 Å². The summed E-state index contributed by atoms with van der Waals surface area (Å²) in [5.74, 6) is -0.325. The standard InChI is InChI=1S/C18H20N2O2/c1-13-5-6-17-15(12-13)14-7-10-20(11-8-18(21)22-2)9-3-4-16(14)19-17/h3-6,8,11-12,19H,7,9-10H2,1-2H3/b4-3-,11-8+. The van der Waals surface area contributed by atoms with Crippen molar-refractivity contribution in [3.05, 3.63) is 53.4 Å². The van der Waals surface area contributed by atoms with Crippen molar-refractivity contribution in [1.29, 1.82) is 0 Å². The normalized spacial score (nSPS) is 16.4. The number of aryl methyl sites for hydroxylation is 1. The van der Waals surface area contributed by atoms with Crippen LogP contribution in [-0.4, -0.2) is 36.1 Å². The lowest BCUT2D eigenvalue weighted by molar-refractivity contribution is -0.134. The number of carbonyl (C=O) groups excluding carboxylic acids is 1. The lowest BCUT2D eigenvalue weighted by Gasteiger charge is -2.20. The van der Waals surface area contributed by atoms with Gasteiger partial charge in [-0.1, -0.05) is 17.7 Å².